The highest BCUT2D eigenvalue weighted by molar-refractivity contribution is 6.30. The van der Waals surface area contributed by atoms with Gasteiger partial charge in [0, 0.05) is 43.3 Å². The molecule has 0 bridgehead atoms. The molecule has 0 saturated carbocycles. The number of carbonyl (C=O) groups excluding carboxylic acids is 1. The molecule has 120 valence electrons. The van der Waals surface area contributed by atoms with Crippen LogP contribution >= 0.6 is 11.6 Å². The quantitative estimate of drug-likeness (QED) is 0.820. The van der Waals surface area contributed by atoms with Crippen LogP contribution in [0.3, 0.4) is 0 Å². The number of hydrogen-bond acceptors (Lipinski definition) is 2. The first-order chi connectivity index (χ1) is 10.9. The maximum Gasteiger partial charge on any atom is 0.253 e. The number of alkyl halides is 2. The van der Waals surface area contributed by atoms with Gasteiger partial charge < -0.3 is 4.90 Å². The molecular weight excluding hydrogens is 322 g/mol. The SMILES string of the molecule is O=C(c1ccc(-c2ccc(Cl)cn2)cc1)N1CCC(F)(F)CC1. The van der Waals surface area contributed by atoms with Crippen LogP contribution in [-0.2, 0) is 0 Å². The van der Waals surface area contributed by atoms with Crippen LogP contribution in [0, 0.1) is 0 Å². The minimum Gasteiger partial charge on any atom is -0.338 e. The lowest BCUT2D eigenvalue weighted by Gasteiger charge is -2.31. The standard InChI is InChI=1S/C17H15ClF2N2O/c18-14-5-6-15(21-11-14)12-1-3-13(4-2-12)16(23)22-9-7-17(19,20)8-10-22/h1-6,11H,7-10H2. The Hall–Kier alpha value is -2.01. The van der Waals surface area contributed by atoms with Crippen molar-refractivity contribution in [1.29, 1.82) is 0 Å². The lowest BCUT2D eigenvalue weighted by molar-refractivity contribution is -0.0494. The summed E-state index contributed by atoms with van der Waals surface area (Å²) in [4.78, 5) is 18.0. The topological polar surface area (TPSA) is 33.2 Å². The normalized spacial score (nSPS) is 17.1. The highest BCUT2D eigenvalue weighted by Gasteiger charge is 2.35. The summed E-state index contributed by atoms with van der Waals surface area (Å²) < 4.78 is 26.3. The van der Waals surface area contributed by atoms with Gasteiger partial charge in [0.15, 0.2) is 0 Å². The zero-order valence-electron chi connectivity index (χ0n) is 12.3. The first-order valence-electron chi connectivity index (χ1n) is 7.34. The number of benzene rings is 1. The van der Waals surface area contributed by atoms with Crippen LogP contribution in [0.5, 0.6) is 0 Å². The number of aromatic nitrogens is 1. The van der Waals surface area contributed by atoms with Crippen molar-refractivity contribution in [2.45, 2.75) is 18.8 Å². The van der Waals surface area contributed by atoms with Crippen molar-refractivity contribution < 1.29 is 13.6 Å². The van der Waals surface area contributed by atoms with Crippen LogP contribution in [0.15, 0.2) is 42.6 Å². The summed E-state index contributed by atoms with van der Waals surface area (Å²) in [5, 5.41) is 0.558. The lowest BCUT2D eigenvalue weighted by Crippen LogP contribution is -2.42. The molecule has 0 radical (unpaired) electrons. The van der Waals surface area contributed by atoms with Crippen molar-refractivity contribution in [3.8, 4) is 11.3 Å². The Bertz CT molecular complexity index is 692. The second-order valence-electron chi connectivity index (χ2n) is 5.59. The van der Waals surface area contributed by atoms with Gasteiger partial charge in [-0.3, -0.25) is 9.78 Å². The fourth-order valence-corrected chi connectivity index (χ4v) is 2.66. The van der Waals surface area contributed by atoms with Gasteiger partial charge in [-0.15, -0.1) is 0 Å². The maximum atomic E-state index is 13.2. The first-order valence-corrected chi connectivity index (χ1v) is 7.71. The molecule has 2 heterocycles. The van der Waals surface area contributed by atoms with E-state index in [1.807, 2.05) is 0 Å². The zero-order chi connectivity index (χ0) is 16.4. The van der Waals surface area contributed by atoms with Crippen LogP contribution in [-0.4, -0.2) is 34.8 Å². The summed E-state index contributed by atoms with van der Waals surface area (Å²) in [5.74, 6) is -2.86. The highest BCUT2D eigenvalue weighted by atomic mass is 35.5. The van der Waals surface area contributed by atoms with E-state index in [0.29, 0.717) is 10.6 Å². The van der Waals surface area contributed by atoms with Gasteiger partial charge in [-0.1, -0.05) is 23.7 Å². The summed E-state index contributed by atoms with van der Waals surface area (Å²) in [7, 11) is 0. The van der Waals surface area contributed by atoms with Crippen LogP contribution in [0.1, 0.15) is 23.2 Å². The Balaban J connectivity index is 1.72. The molecule has 0 aliphatic carbocycles. The number of rotatable bonds is 2. The van der Waals surface area contributed by atoms with E-state index in [1.54, 1.807) is 42.6 Å². The third-order valence-corrected chi connectivity index (χ3v) is 4.16. The Morgan fingerprint density at radius 2 is 1.74 bits per heavy atom. The molecular formula is C17H15ClF2N2O. The average Bonchev–Trinajstić information content (AvgIpc) is 2.55. The molecule has 23 heavy (non-hydrogen) atoms. The van der Waals surface area contributed by atoms with E-state index in [0.717, 1.165) is 11.3 Å². The zero-order valence-corrected chi connectivity index (χ0v) is 13.1. The molecule has 1 saturated heterocycles. The minimum atomic E-state index is -2.65. The molecule has 1 fully saturated rings. The molecule has 1 aliphatic heterocycles. The Morgan fingerprint density at radius 1 is 1.09 bits per heavy atom. The van der Waals surface area contributed by atoms with Crippen molar-refractivity contribution >= 4 is 17.5 Å². The van der Waals surface area contributed by atoms with Crippen molar-refractivity contribution in [2.24, 2.45) is 0 Å². The predicted molar refractivity (Wildman–Crippen MR) is 84.8 cm³/mol. The highest BCUT2D eigenvalue weighted by Crippen LogP contribution is 2.28. The third-order valence-electron chi connectivity index (χ3n) is 3.94. The van der Waals surface area contributed by atoms with Gasteiger partial charge in [0.05, 0.1) is 10.7 Å². The predicted octanol–water partition coefficient (Wildman–Crippen LogP) is 4.27. The van der Waals surface area contributed by atoms with Crippen molar-refractivity contribution in [3.63, 3.8) is 0 Å². The van der Waals surface area contributed by atoms with E-state index in [1.165, 1.54) is 4.90 Å². The minimum absolute atomic E-state index is 0.0896. The number of halogens is 3. The average molecular weight is 337 g/mol. The smallest absolute Gasteiger partial charge is 0.253 e. The number of pyridine rings is 1. The summed E-state index contributed by atoms with van der Waals surface area (Å²) in [5.41, 5.74) is 2.11. The summed E-state index contributed by atoms with van der Waals surface area (Å²) in [6.45, 7) is 0.179. The van der Waals surface area contributed by atoms with E-state index >= 15 is 0 Å². The van der Waals surface area contributed by atoms with E-state index in [-0.39, 0.29) is 31.8 Å². The lowest BCUT2D eigenvalue weighted by atomic mass is 10.0. The second kappa shape index (κ2) is 6.24. The molecule has 1 aromatic carbocycles. The fourth-order valence-electron chi connectivity index (χ4n) is 2.55. The van der Waals surface area contributed by atoms with Crippen LogP contribution in [0.25, 0.3) is 11.3 Å². The summed E-state index contributed by atoms with van der Waals surface area (Å²) >= 11 is 5.81. The van der Waals surface area contributed by atoms with Crippen LogP contribution in [0.2, 0.25) is 5.02 Å². The number of carbonyl (C=O) groups is 1. The number of piperidine rings is 1. The molecule has 1 amide bonds. The second-order valence-corrected chi connectivity index (χ2v) is 6.02. The number of amides is 1. The summed E-state index contributed by atoms with van der Waals surface area (Å²) in [6, 6.07) is 10.5. The maximum absolute atomic E-state index is 13.2. The van der Waals surface area contributed by atoms with Gasteiger partial charge in [0.1, 0.15) is 0 Å². The van der Waals surface area contributed by atoms with Gasteiger partial charge in [-0.25, -0.2) is 8.78 Å². The molecule has 0 unspecified atom stereocenters. The third kappa shape index (κ3) is 3.67. The van der Waals surface area contributed by atoms with Gasteiger partial charge in [0.25, 0.3) is 11.8 Å². The van der Waals surface area contributed by atoms with Gasteiger partial charge >= 0.3 is 0 Å². The Kier molecular flexibility index (Phi) is 4.31. The molecule has 0 N–H and O–H groups in total. The molecule has 6 heteroatoms. The van der Waals surface area contributed by atoms with Gasteiger partial charge in [-0.05, 0) is 24.3 Å². The Labute approximate surface area is 137 Å². The monoisotopic (exact) mass is 336 g/mol. The van der Waals surface area contributed by atoms with E-state index in [9.17, 15) is 13.6 Å². The molecule has 3 rings (SSSR count). The van der Waals surface area contributed by atoms with Crippen molar-refractivity contribution in [1.82, 2.24) is 9.88 Å². The molecule has 1 aromatic heterocycles. The number of likely N-dealkylation sites (tertiary alicyclic amines) is 1. The van der Waals surface area contributed by atoms with Gasteiger partial charge in [0.2, 0.25) is 0 Å². The van der Waals surface area contributed by atoms with E-state index < -0.39 is 5.92 Å². The first kappa shape index (κ1) is 15.9. The summed E-state index contributed by atoms with van der Waals surface area (Å²) in [6.07, 6.45) is 1.01. The van der Waals surface area contributed by atoms with Gasteiger partial charge in [-0.2, -0.15) is 0 Å². The van der Waals surface area contributed by atoms with E-state index in [2.05, 4.69) is 4.98 Å². The van der Waals surface area contributed by atoms with Crippen LogP contribution in [0.4, 0.5) is 8.78 Å². The van der Waals surface area contributed by atoms with E-state index in [4.69, 9.17) is 11.6 Å². The molecule has 1 aliphatic rings. The fraction of sp³-hybridized carbons (Fsp3) is 0.294. The molecule has 3 nitrogen and oxygen atoms in total. The molecule has 2 aromatic rings. The van der Waals surface area contributed by atoms with Crippen molar-refractivity contribution in [2.75, 3.05) is 13.1 Å². The Morgan fingerprint density at radius 3 is 2.30 bits per heavy atom. The number of hydrogen-bond donors (Lipinski definition) is 0. The van der Waals surface area contributed by atoms with Crippen molar-refractivity contribution in [3.05, 3.63) is 53.2 Å². The largest absolute Gasteiger partial charge is 0.338 e. The molecule has 0 atom stereocenters. The van der Waals surface area contributed by atoms with Crippen LogP contribution < -0.4 is 0 Å². The number of nitrogens with zero attached hydrogens (tertiary/aromatic N) is 2. The molecule has 0 spiro atoms.